The van der Waals surface area contributed by atoms with Crippen molar-refractivity contribution in [2.45, 2.75) is 19.4 Å². The number of rotatable bonds is 5. The summed E-state index contributed by atoms with van der Waals surface area (Å²) in [5.74, 6) is -0.170. The fourth-order valence-electron chi connectivity index (χ4n) is 3.05. The molecule has 3 aromatic rings. The summed E-state index contributed by atoms with van der Waals surface area (Å²) in [7, 11) is 2.78. The second kappa shape index (κ2) is 6.68. The maximum Gasteiger partial charge on any atom is 0.208 e. The highest BCUT2D eigenvalue weighted by molar-refractivity contribution is 5.98. The number of benzene rings is 2. The smallest absolute Gasteiger partial charge is 0.208 e. The number of phenolic OH excluding ortho intramolecular Hbond substituents is 1. The van der Waals surface area contributed by atoms with E-state index in [1.807, 2.05) is 0 Å². The fraction of sp³-hybridized carbons (Fsp3) is 0.263. The van der Waals surface area contributed by atoms with E-state index in [4.69, 9.17) is 13.9 Å². The van der Waals surface area contributed by atoms with Crippen LogP contribution in [0.5, 0.6) is 17.2 Å². The van der Waals surface area contributed by atoms with Crippen molar-refractivity contribution in [2.75, 3.05) is 14.2 Å². The Bertz CT molecular complexity index is 1070. The molecule has 0 saturated heterocycles. The van der Waals surface area contributed by atoms with E-state index in [1.54, 1.807) is 18.2 Å². The standard InChI is InChI=1S/C19H18O7/c1-9(20)7-10(21)15-14(25-3)8-11(22)16-18(23)17-12(24-2)5-4-6-13(17)26-19(15)16/h4-6,8,10,21-22H,7H2,1-3H3. The van der Waals surface area contributed by atoms with Gasteiger partial charge < -0.3 is 24.1 Å². The quantitative estimate of drug-likeness (QED) is 0.675. The Morgan fingerprint density at radius 2 is 1.88 bits per heavy atom. The molecule has 7 heteroatoms. The molecule has 26 heavy (non-hydrogen) atoms. The number of ether oxygens (including phenoxy) is 2. The van der Waals surface area contributed by atoms with Gasteiger partial charge in [-0.05, 0) is 19.1 Å². The number of phenols is 1. The third-order valence-corrected chi connectivity index (χ3v) is 4.17. The van der Waals surface area contributed by atoms with E-state index in [-0.39, 0.29) is 51.2 Å². The molecule has 0 radical (unpaired) electrons. The highest BCUT2D eigenvalue weighted by Crippen LogP contribution is 2.40. The molecular formula is C19H18O7. The predicted octanol–water partition coefficient (Wildman–Crippen LogP) is 2.68. The van der Waals surface area contributed by atoms with Crippen LogP contribution in [0.3, 0.4) is 0 Å². The van der Waals surface area contributed by atoms with Crippen molar-refractivity contribution < 1.29 is 28.9 Å². The van der Waals surface area contributed by atoms with Crippen LogP contribution in [0.15, 0.2) is 33.5 Å². The number of fused-ring (bicyclic) bond motifs is 2. The average Bonchev–Trinajstić information content (AvgIpc) is 2.59. The summed E-state index contributed by atoms with van der Waals surface area (Å²) in [6, 6.07) is 6.06. The van der Waals surface area contributed by atoms with Gasteiger partial charge in [-0.25, -0.2) is 0 Å². The van der Waals surface area contributed by atoms with Crippen molar-refractivity contribution in [1.82, 2.24) is 0 Å². The molecule has 2 aromatic carbocycles. The third kappa shape index (κ3) is 2.76. The minimum Gasteiger partial charge on any atom is -0.507 e. The van der Waals surface area contributed by atoms with E-state index in [0.717, 1.165) is 0 Å². The van der Waals surface area contributed by atoms with Crippen molar-refractivity contribution in [3.8, 4) is 17.2 Å². The van der Waals surface area contributed by atoms with Gasteiger partial charge in [-0.3, -0.25) is 9.59 Å². The second-order valence-corrected chi connectivity index (χ2v) is 5.90. The Balaban J connectivity index is 2.49. The van der Waals surface area contributed by atoms with Gasteiger partial charge in [0.25, 0.3) is 0 Å². The monoisotopic (exact) mass is 358 g/mol. The molecule has 7 nitrogen and oxygen atoms in total. The molecule has 1 unspecified atom stereocenters. The highest BCUT2D eigenvalue weighted by atomic mass is 16.5. The summed E-state index contributed by atoms with van der Waals surface area (Å²) in [6.07, 6.45) is -1.44. The molecule has 0 aliphatic rings. The van der Waals surface area contributed by atoms with E-state index >= 15 is 0 Å². The summed E-state index contributed by atoms with van der Waals surface area (Å²) in [4.78, 5) is 24.4. The van der Waals surface area contributed by atoms with Gasteiger partial charge in [-0.15, -0.1) is 0 Å². The third-order valence-electron chi connectivity index (χ3n) is 4.17. The molecule has 3 rings (SSSR count). The number of carbonyl (C=O) groups excluding carboxylic acids is 1. The molecule has 1 aromatic heterocycles. The molecule has 0 aliphatic carbocycles. The highest BCUT2D eigenvalue weighted by Gasteiger charge is 2.26. The Morgan fingerprint density at radius 1 is 1.19 bits per heavy atom. The number of aliphatic hydroxyl groups excluding tert-OH is 1. The SMILES string of the molecule is COc1cc(O)c2c(=O)c3c(OC)cccc3oc2c1C(O)CC(C)=O. The number of hydrogen-bond acceptors (Lipinski definition) is 7. The first kappa shape index (κ1) is 17.8. The lowest BCUT2D eigenvalue weighted by molar-refractivity contribution is -0.118. The molecule has 0 spiro atoms. The molecule has 1 atom stereocenters. The van der Waals surface area contributed by atoms with Crippen LogP contribution in [0, 0.1) is 0 Å². The summed E-state index contributed by atoms with van der Waals surface area (Å²) in [5, 5.41) is 20.9. The lowest BCUT2D eigenvalue weighted by atomic mass is 9.99. The number of methoxy groups -OCH3 is 2. The molecule has 0 saturated carbocycles. The Kier molecular flexibility index (Phi) is 4.56. The van der Waals surface area contributed by atoms with Crippen molar-refractivity contribution in [1.29, 1.82) is 0 Å². The number of Topliss-reactive ketones (excluding diaryl/α,β-unsaturated/α-hetero) is 1. The molecule has 1 heterocycles. The van der Waals surface area contributed by atoms with E-state index in [2.05, 4.69) is 0 Å². The van der Waals surface area contributed by atoms with Gasteiger partial charge in [0.15, 0.2) is 5.58 Å². The summed E-state index contributed by atoms with van der Waals surface area (Å²) in [6.45, 7) is 1.34. The summed E-state index contributed by atoms with van der Waals surface area (Å²) in [5.41, 5.74) is -0.167. The van der Waals surface area contributed by atoms with Crippen LogP contribution in [-0.2, 0) is 4.79 Å². The average molecular weight is 358 g/mol. The van der Waals surface area contributed by atoms with Crippen LogP contribution in [0.25, 0.3) is 21.9 Å². The maximum absolute atomic E-state index is 13.0. The fourth-order valence-corrected chi connectivity index (χ4v) is 3.05. The summed E-state index contributed by atoms with van der Waals surface area (Å²) >= 11 is 0. The first-order valence-electron chi connectivity index (χ1n) is 7.89. The molecule has 0 fully saturated rings. The number of aliphatic hydroxyl groups is 1. The van der Waals surface area contributed by atoms with Gasteiger partial charge >= 0.3 is 0 Å². The van der Waals surface area contributed by atoms with E-state index in [1.165, 1.54) is 27.2 Å². The minimum atomic E-state index is -1.25. The molecule has 0 bridgehead atoms. The topological polar surface area (TPSA) is 106 Å². The van der Waals surface area contributed by atoms with Crippen LogP contribution in [-0.4, -0.2) is 30.2 Å². The number of carbonyl (C=O) groups is 1. The number of aromatic hydroxyl groups is 1. The van der Waals surface area contributed by atoms with Crippen LogP contribution >= 0.6 is 0 Å². The van der Waals surface area contributed by atoms with Gasteiger partial charge in [-0.1, -0.05) is 6.07 Å². The van der Waals surface area contributed by atoms with E-state index < -0.39 is 11.5 Å². The minimum absolute atomic E-state index is 0.0265. The van der Waals surface area contributed by atoms with Gasteiger partial charge in [0.1, 0.15) is 39.4 Å². The molecular weight excluding hydrogens is 340 g/mol. The number of hydrogen-bond donors (Lipinski definition) is 2. The second-order valence-electron chi connectivity index (χ2n) is 5.90. The van der Waals surface area contributed by atoms with E-state index in [9.17, 15) is 19.8 Å². The zero-order valence-corrected chi connectivity index (χ0v) is 14.5. The largest absolute Gasteiger partial charge is 0.507 e. The van der Waals surface area contributed by atoms with Gasteiger partial charge in [0.05, 0.1) is 25.9 Å². The zero-order chi connectivity index (χ0) is 19.0. The Labute approximate surface area is 148 Å². The molecule has 0 amide bonds. The maximum atomic E-state index is 13.0. The van der Waals surface area contributed by atoms with Gasteiger partial charge in [-0.2, -0.15) is 0 Å². The van der Waals surface area contributed by atoms with Crippen LogP contribution in [0.2, 0.25) is 0 Å². The van der Waals surface area contributed by atoms with Crippen LogP contribution in [0.4, 0.5) is 0 Å². The first-order valence-corrected chi connectivity index (χ1v) is 7.89. The lowest BCUT2D eigenvalue weighted by Gasteiger charge is -2.17. The van der Waals surface area contributed by atoms with E-state index in [0.29, 0.717) is 5.75 Å². The van der Waals surface area contributed by atoms with Crippen LogP contribution in [0.1, 0.15) is 25.0 Å². The summed E-state index contributed by atoms with van der Waals surface area (Å²) < 4.78 is 16.3. The van der Waals surface area contributed by atoms with Crippen molar-refractivity contribution in [3.05, 3.63) is 40.1 Å². The van der Waals surface area contributed by atoms with Crippen molar-refractivity contribution in [2.24, 2.45) is 0 Å². The number of ketones is 1. The predicted molar refractivity (Wildman–Crippen MR) is 95.0 cm³/mol. The Morgan fingerprint density at radius 3 is 2.50 bits per heavy atom. The normalized spacial score (nSPS) is 12.3. The first-order chi connectivity index (χ1) is 12.4. The van der Waals surface area contributed by atoms with Crippen molar-refractivity contribution in [3.63, 3.8) is 0 Å². The Hall–Kier alpha value is -3.06. The zero-order valence-electron chi connectivity index (χ0n) is 14.5. The molecule has 136 valence electrons. The lowest BCUT2D eigenvalue weighted by Crippen LogP contribution is -2.10. The van der Waals surface area contributed by atoms with Crippen molar-refractivity contribution >= 4 is 27.7 Å². The van der Waals surface area contributed by atoms with Gasteiger partial charge in [0.2, 0.25) is 5.43 Å². The molecule has 0 aliphatic heterocycles. The van der Waals surface area contributed by atoms with Crippen LogP contribution < -0.4 is 14.9 Å². The van der Waals surface area contributed by atoms with Gasteiger partial charge in [0, 0.05) is 12.5 Å². The molecule has 2 N–H and O–H groups in total.